The van der Waals surface area contributed by atoms with Crippen molar-refractivity contribution in [3.05, 3.63) is 54.1 Å². The van der Waals surface area contributed by atoms with Crippen molar-refractivity contribution in [2.45, 2.75) is 27.3 Å². The number of aromatic nitrogens is 4. The average molecular weight is 395 g/mol. The van der Waals surface area contributed by atoms with Gasteiger partial charge in [-0.25, -0.2) is 0 Å². The molecule has 0 aliphatic carbocycles. The molecule has 2 N–H and O–H groups in total. The van der Waals surface area contributed by atoms with Crippen molar-refractivity contribution in [2.24, 2.45) is 11.1 Å². The molecule has 0 fully saturated rings. The highest BCUT2D eigenvalue weighted by Crippen LogP contribution is 2.22. The number of rotatable bonds is 7. The summed E-state index contributed by atoms with van der Waals surface area (Å²) in [4.78, 5) is 13.5. The Morgan fingerprint density at radius 3 is 2.31 bits per heavy atom. The molecule has 0 saturated carbocycles. The fourth-order valence-electron chi connectivity index (χ4n) is 2.39. The molecule has 1 heterocycles. The van der Waals surface area contributed by atoms with Crippen LogP contribution < -0.4 is 15.2 Å². The van der Waals surface area contributed by atoms with Gasteiger partial charge < -0.3 is 15.2 Å². The molecule has 0 aliphatic rings. The number of ether oxygens (including phenoxy) is 2. The summed E-state index contributed by atoms with van der Waals surface area (Å²) < 4.78 is 10.8. The Balaban J connectivity index is 1.63. The maximum atomic E-state index is 12.0. The predicted octanol–water partition coefficient (Wildman–Crippen LogP) is 2.68. The Kier molecular flexibility index (Phi) is 6.23. The van der Waals surface area contributed by atoms with E-state index in [1.54, 1.807) is 24.3 Å². The van der Waals surface area contributed by atoms with E-state index in [9.17, 15) is 4.79 Å². The highest BCUT2D eigenvalue weighted by Gasteiger charge is 2.23. The molecule has 0 radical (unpaired) electrons. The molecule has 152 valence electrons. The third-order valence-corrected chi connectivity index (χ3v) is 4.02. The van der Waals surface area contributed by atoms with Crippen LogP contribution >= 0.6 is 0 Å². The van der Waals surface area contributed by atoms with Crippen molar-refractivity contribution in [2.75, 3.05) is 13.2 Å². The molecule has 0 bridgehead atoms. The summed E-state index contributed by atoms with van der Waals surface area (Å²) in [7, 11) is 0. The first kappa shape index (κ1) is 20.5. The van der Waals surface area contributed by atoms with Crippen molar-refractivity contribution in [3.63, 3.8) is 0 Å². The van der Waals surface area contributed by atoms with E-state index >= 15 is 0 Å². The van der Waals surface area contributed by atoms with Crippen LogP contribution in [0, 0.1) is 5.41 Å². The van der Waals surface area contributed by atoms with Crippen molar-refractivity contribution < 1.29 is 14.3 Å². The molecule has 3 aromatic rings. The van der Waals surface area contributed by atoms with Crippen LogP contribution in [0.15, 0.2) is 48.5 Å². The third kappa shape index (κ3) is 5.61. The summed E-state index contributed by atoms with van der Waals surface area (Å²) in [5, 5.41) is 12.6. The molecule has 3 rings (SSSR count). The number of esters is 1. The Bertz CT molecular complexity index is 944. The fourth-order valence-corrected chi connectivity index (χ4v) is 2.39. The van der Waals surface area contributed by atoms with Crippen LogP contribution in [0.1, 0.15) is 26.3 Å². The molecule has 0 saturated heterocycles. The van der Waals surface area contributed by atoms with E-state index in [-0.39, 0.29) is 5.97 Å². The van der Waals surface area contributed by atoms with E-state index in [2.05, 4.69) is 15.4 Å². The number of carbonyl (C=O) groups is 1. The van der Waals surface area contributed by atoms with Crippen molar-refractivity contribution in [3.8, 4) is 22.9 Å². The Morgan fingerprint density at radius 1 is 1.03 bits per heavy atom. The summed E-state index contributed by atoms with van der Waals surface area (Å²) in [6.07, 6.45) is 0. The minimum absolute atomic E-state index is 0.284. The van der Waals surface area contributed by atoms with Gasteiger partial charge in [-0.3, -0.25) is 4.79 Å². The second-order valence-corrected chi connectivity index (χ2v) is 7.59. The molecule has 29 heavy (non-hydrogen) atoms. The van der Waals surface area contributed by atoms with E-state index in [1.165, 1.54) is 4.80 Å². The topological polar surface area (TPSA) is 105 Å². The van der Waals surface area contributed by atoms with E-state index in [4.69, 9.17) is 15.2 Å². The highest BCUT2D eigenvalue weighted by molar-refractivity contribution is 5.78. The van der Waals surface area contributed by atoms with Gasteiger partial charge in [0.05, 0.1) is 12.0 Å². The minimum atomic E-state index is -0.558. The quantitative estimate of drug-likeness (QED) is 0.484. The number of hydrogen-bond donors (Lipinski definition) is 1. The lowest BCUT2D eigenvalue weighted by Gasteiger charge is -2.16. The Morgan fingerprint density at radius 2 is 1.69 bits per heavy atom. The molecule has 8 nitrogen and oxygen atoms in total. The molecule has 2 aromatic carbocycles. The van der Waals surface area contributed by atoms with Gasteiger partial charge in [0.15, 0.2) is 0 Å². The standard InChI is InChI=1S/C21H25N5O3/c1-21(2,3)20(27)29-18-10-6-16(7-11-18)19-23-25-26(24-19)14-15-4-8-17(9-5-15)28-13-12-22/h4-11H,12-14,22H2,1-3H3. The lowest BCUT2D eigenvalue weighted by atomic mass is 9.97. The van der Waals surface area contributed by atoms with Gasteiger partial charge in [-0.2, -0.15) is 4.80 Å². The SMILES string of the molecule is CC(C)(C)C(=O)Oc1ccc(-c2nnn(Cc3ccc(OCCN)cc3)n2)cc1. The van der Waals surface area contributed by atoms with E-state index in [1.807, 2.05) is 45.0 Å². The predicted molar refractivity (Wildman–Crippen MR) is 108 cm³/mol. The summed E-state index contributed by atoms with van der Waals surface area (Å²) >= 11 is 0. The zero-order valence-corrected chi connectivity index (χ0v) is 16.8. The molecule has 0 aliphatic heterocycles. The van der Waals surface area contributed by atoms with Crippen molar-refractivity contribution >= 4 is 5.97 Å². The van der Waals surface area contributed by atoms with Gasteiger partial charge in [-0.15, -0.1) is 10.2 Å². The van der Waals surface area contributed by atoms with Gasteiger partial charge in [0.2, 0.25) is 5.82 Å². The zero-order chi connectivity index (χ0) is 20.9. The zero-order valence-electron chi connectivity index (χ0n) is 16.8. The monoisotopic (exact) mass is 395 g/mol. The van der Waals surface area contributed by atoms with Crippen molar-refractivity contribution in [1.29, 1.82) is 0 Å². The highest BCUT2D eigenvalue weighted by atomic mass is 16.5. The van der Waals surface area contributed by atoms with Gasteiger partial charge in [-0.05, 0) is 67.9 Å². The molecule has 0 unspecified atom stereocenters. The Labute approximate surface area is 169 Å². The van der Waals surface area contributed by atoms with E-state index < -0.39 is 5.41 Å². The maximum Gasteiger partial charge on any atom is 0.316 e. The van der Waals surface area contributed by atoms with Gasteiger partial charge in [0, 0.05) is 12.1 Å². The first-order chi connectivity index (χ1) is 13.8. The first-order valence-electron chi connectivity index (χ1n) is 9.37. The van der Waals surface area contributed by atoms with Gasteiger partial charge in [0.1, 0.15) is 18.1 Å². The summed E-state index contributed by atoms with van der Waals surface area (Å²) in [6.45, 7) is 6.90. The second kappa shape index (κ2) is 8.83. The van der Waals surface area contributed by atoms with Crippen LogP contribution in [0.25, 0.3) is 11.4 Å². The van der Waals surface area contributed by atoms with Crippen LogP contribution in [0.3, 0.4) is 0 Å². The van der Waals surface area contributed by atoms with Crippen LogP contribution in [0.5, 0.6) is 11.5 Å². The number of tetrazole rings is 1. The molecule has 8 heteroatoms. The van der Waals surface area contributed by atoms with Crippen LogP contribution in [0.2, 0.25) is 0 Å². The molecular formula is C21H25N5O3. The lowest BCUT2D eigenvalue weighted by Crippen LogP contribution is -2.25. The van der Waals surface area contributed by atoms with E-state index in [0.717, 1.165) is 16.9 Å². The van der Waals surface area contributed by atoms with Crippen LogP contribution in [-0.4, -0.2) is 39.3 Å². The Hall–Kier alpha value is -3.26. The fraction of sp³-hybridized carbons (Fsp3) is 0.333. The second-order valence-electron chi connectivity index (χ2n) is 7.59. The number of benzene rings is 2. The number of nitrogens with two attached hydrogens (primary N) is 1. The average Bonchev–Trinajstić information content (AvgIpc) is 3.16. The molecule has 0 atom stereocenters. The van der Waals surface area contributed by atoms with Gasteiger partial charge in [-0.1, -0.05) is 12.1 Å². The largest absolute Gasteiger partial charge is 0.492 e. The normalized spacial score (nSPS) is 11.3. The van der Waals surface area contributed by atoms with Crippen LogP contribution in [-0.2, 0) is 11.3 Å². The summed E-state index contributed by atoms with van der Waals surface area (Å²) in [5.41, 5.74) is 6.69. The molecule has 0 amide bonds. The maximum absolute atomic E-state index is 12.0. The van der Waals surface area contributed by atoms with Gasteiger partial charge >= 0.3 is 5.97 Å². The van der Waals surface area contributed by atoms with E-state index in [0.29, 0.717) is 31.3 Å². The molecule has 1 aromatic heterocycles. The third-order valence-electron chi connectivity index (χ3n) is 4.02. The van der Waals surface area contributed by atoms with Crippen LogP contribution in [0.4, 0.5) is 0 Å². The lowest BCUT2D eigenvalue weighted by molar-refractivity contribution is -0.142. The first-order valence-corrected chi connectivity index (χ1v) is 9.37. The minimum Gasteiger partial charge on any atom is -0.492 e. The molecular weight excluding hydrogens is 370 g/mol. The summed E-state index contributed by atoms with van der Waals surface area (Å²) in [6, 6.07) is 14.7. The molecule has 0 spiro atoms. The smallest absolute Gasteiger partial charge is 0.316 e. The van der Waals surface area contributed by atoms with Gasteiger partial charge in [0.25, 0.3) is 0 Å². The summed E-state index contributed by atoms with van der Waals surface area (Å²) in [5.74, 6) is 1.48. The number of hydrogen-bond acceptors (Lipinski definition) is 7. The number of nitrogens with zero attached hydrogens (tertiary/aromatic N) is 4. The van der Waals surface area contributed by atoms with Crippen molar-refractivity contribution in [1.82, 2.24) is 20.2 Å². The number of carbonyl (C=O) groups excluding carboxylic acids is 1.